The Labute approximate surface area is 117 Å². The molecule has 0 aliphatic carbocycles. The lowest BCUT2D eigenvalue weighted by Crippen LogP contribution is -2.41. The minimum atomic E-state index is -0.475. The minimum absolute atomic E-state index is 0.145. The van der Waals surface area contributed by atoms with Gasteiger partial charge < -0.3 is 5.32 Å². The molecular weight excluding hydrogens is 260 g/mol. The van der Waals surface area contributed by atoms with Crippen LogP contribution in [0.15, 0.2) is 48.8 Å². The fraction of sp³-hybridized carbons (Fsp3) is 0.200. The number of nitrogens with one attached hydrogen (secondary N) is 1. The van der Waals surface area contributed by atoms with E-state index in [9.17, 15) is 4.79 Å². The first kappa shape index (κ1) is 13.6. The minimum Gasteiger partial charge on any atom is -0.343 e. The maximum Gasteiger partial charge on any atom is 0.253 e. The van der Waals surface area contributed by atoms with Crippen molar-refractivity contribution in [1.82, 2.24) is 10.3 Å². The van der Waals surface area contributed by atoms with Gasteiger partial charge in [0.25, 0.3) is 5.91 Å². The molecule has 2 rings (SSSR count). The molecule has 0 bridgehead atoms. The normalized spacial score (nSPS) is 11.1. The van der Waals surface area contributed by atoms with Crippen LogP contribution >= 0.6 is 11.6 Å². The summed E-state index contributed by atoms with van der Waals surface area (Å²) < 4.78 is 0. The van der Waals surface area contributed by atoms with Gasteiger partial charge in [0.05, 0.1) is 11.1 Å². The molecule has 19 heavy (non-hydrogen) atoms. The number of carbonyl (C=O) groups is 1. The quantitative estimate of drug-likeness (QED) is 0.932. The fourth-order valence-corrected chi connectivity index (χ4v) is 1.92. The van der Waals surface area contributed by atoms with Crippen molar-refractivity contribution in [2.75, 3.05) is 0 Å². The largest absolute Gasteiger partial charge is 0.343 e. The van der Waals surface area contributed by atoms with Gasteiger partial charge in [-0.1, -0.05) is 23.7 Å². The fourth-order valence-electron chi connectivity index (χ4n) is 1.79. The smallest absolute Gasteiger partial charge is 0.253 e. The molecule has 0 aliphatic heterocycles. The Morgan fingerprint density at radius 3 is 2.47 bits per heavy atom. The molecule has 0 atom stereocenters. The van der Waals surface area contributed by atoms with Crippen LogP contribution in [0.5, 0.6) is 0 Å². The maximum atomic E-state index is 12.1. The third-order valence-corrected chi connectivity index (χ3v) is 3.17. The Morgan fingerprint density at radius 1 is 1.21 bits per heavy atom. The van der Waals surface area contributed by atoms with Crippen molar-refractivity contribution in [1.29, 1.82) is 0 Å². The second kappa shape index (κ2) is 5.41. The average molecular weight is 275 g/mol. The van der Waals surface area contributed by atoms with Crippen molar-refractivity contribution in [3.05, 3.63) is 64.9 Å². The first-order valence-electron chi connectivity index (χ1n) is 5.97. The summed E-state index contributed by atoms with van der Waals surface area (Å²) >= 11 is 5.87. The highest BCUT2D eigenvalue weighted by Crippen LogP contribution is 2.22. The van der Waals surface area contributed by atoms with Gasteiger partial charge in [0.1, 0.15) is 0 Å². The standard InChI is InChI=1S/C15H15ClN2O/c1-15(2,12-5-7-13(16)8-6-12)18-14(19)11-4-3-9-17-10-11/h3-10H,1-2H3,(H,18,19). The highest BCUT2D eigenvalue weighted by molar-refractivity contribution is 6.30. The number of pyridine rings is 1. The summed E-state index contributed by atoms with van der Waals surface area (Å²) in [5, 5.41) is 3.67. The van der Waals surface area contributed by atoms with E-state index >= 15 is 0 Å². The number of hydrogen-bond acceptors (Lipinski definition) is 2. The number of nitrogens with zero attached hydrogens (tertiary/aromatic N) is 1. The second-order valence-electron chi connectivity index (χ2n) is 4.83. The van der Waals surface area contributed by atoms with Crippen LogP contribution in [0, 0.1) is 0 Å². The van der Waals surface area contributed by atoms with Gasteiger partial charge in [0, 0.05) is 17.4 Å². The van der Waals surface area contributed by atoms with Crippen LogP contribution < -0.4 is 5.32 Å². The molecule has 2 aromatic rings. The molecule has 0 unspecified atom stereocenters. The lowest BCUT2D eigenvalue weighted by Gasteiger charge is -2.27. The topological polar surface area (TPSA) is 42.0 Å². The van der Waals surface area contributed by atoms with Crippen molar-refractivity contribution < 1.29 is 4.79 Å². The van der Waals surface area contributed by atoms with E-state index in [0.29, 0.717) is 10.6 Å². The molecule has 1 N–H and O–H groups in total. The molecule has 0 fully saturated rings. The molecule has 1 heterocycles. The first-order valence-corrected chi connectivity index (χ1v) is 6.35. The van der Waals surface area contributed by atoms with Crippen molar-refractivity contribution >= 4 is 17.5 Å². The Kier molecular flexibility index (Phi) is 3.86. The molecule has 0 saturated heterocycles. The molecule has 0 spiro atoms. The highest BCUT2D eigenvalue weighted by atomic mass is 35.5. The molecule has 98 valence electrons. The van der Waals surface area contributed by atoms with Crippen molar-refractivity contribution in [3.63, 3.8) is 0 Å². The Hall–Kier alpha value is -1.87. The number of amides is 1. The number of carbonyl (C=O) groups excluding carboxylic acids is 1. The predicted molar refractivity (Wildman–Crippen MR) is 76.2 cm³/mol. The van der Waals surface area contributed by atoms with E-state index in [2.05, 4.69) is 10.3 Å². The zero-order chi connectivity index (χ0) is 13.9. The lowest BCUT2D eigenvalue weighted by molar-refractivity contribution is 0.0911. The van der Waals surface area contributed by atoms with Crippen molar-refractivity contribution in [3.8, 4) is 0 Å². The lowest BCUT2D eigenvalue weighted by atomic mass is 9.94. The molecule has 4 heteroatoms. The molecule has 0 saturated carbocycles. The number of rotatable bonds is 3. The van der Waals surface area contributed by atoms with Gasteiger partial charge in [0.2, 0.25) is 0 Å². The van der Waals surface area contributed by atoms with Gasteiger partial charge in [-0.15, -0.1) is 0 Å². The number of aromatic nitrogens is 1. The van der Waals surface area contributed by atoms with E-state index in [-0.39, 0.29) is 5.91 Å². The van der Waals surface area contributed by atoms with Gasteiger partial charge in [-0.3, -0.25) is 9.78 Å². The summed E-state index contributed by atoms with van der Waals surface area (Å²) in [6.45, 7) is 3.90. The van der Waals surface area contributed by atoms with Gasteiger partial charge >= 0.3 is 0 Å². The SMILES string of the molecule is CC(C)(NC(=O)c1cccnc1)c1ccc(Cl)cc1. The average Bonchev–Trinajstić information content (AvgIpc) is 2.40. The number of hydrogen-bond donors (Lipinski definition) is 1. The first-order chi connectivity index (χ1) is 8.99. The van der Waals surface area contributed by atoms with Crippen molar-refractivity contribution in [2.24, 2.45) is 0 Å². The number of halogens is 1. The molecule has 0 radical (unpaired) electrons. The van der Waals surface area contributed by atoms with Crippen LogP contribution in [0.4, 0.5) is 0 Å². The van der Waals surface area contributed by atoms with Crippen molar-refractivity contribution in [2.45, 2.75) is 19.4 Å². The van der Waals surface area contributed by atoms with Gasteiger partial charge in [-0.05, 0) is 43.7 Å². The molecule has 3 nitrogen and oxygen atoms in total. The van der Waals surface area contributed by atoms with Crippen LogP contribution in [0.3, 0.4) is 0 Å². The predicted octanol–water partition coefficient (Wildman–Crippen LogP) is 3.40. The summed E-state index contributed by atoms with van der Waals surface area (Å²) in [6.07, 6.45) is 3.19. The van der Waals surface area contributed by atoms with E-state index in [4.69, 9.17) is 11.6 Å². The van der Waals surface area contributed by atoms with Crippen LogP contribution in [-0.2, 0) is 5.54 Å². The van der Waals surface area contributed by atoms with Gasteiger partial charge in [-0.25, -0.2) is 0 Å². The highest BCUT2D eigenvalue weighted by Gasteiger charge is 2.23. The van der Waals surface area contributed by atoms with Crippen LogP contribution in [-0.4, -0.2) is 10.9 Å². The molecule has 1 aromatic carbocycles. The molecular formula is C15H15ClN2O. The van der Waals surface area contributed by atoms with Gasteiger partial charge in [-0.2, -0.15) is 0 Å². The van der Waals surface area contributed by atoms with Crippen LogP contribution in [0.2, 0.25) is 5.02 Å². The Bertz CT molecular complexity index is 564. The van der Waals surface area contributed by atoms with E-state index in [0.717, 1.165) is 5.56 Å². The van der Waals surface area contributed by atoms with Crippen LogP contribution in [0.25, 0.3) is 0 Å². The van der Waals surface area contributed by atoms with E-state index in [1.54, 1.807) is 24.5 Å². The zero-order valence-corrected chi connectivity index (χ0v) is 11.6. The summed E-state index contributed by atoms with van der Waals surface area (Å²) in [5.41, 5.74) is 1.07. The zero-order valence-electron chi connectivity index (χ0n) is 10.9. The Morgan fingerprint density at radius 2 is 1.89 bits per heavy atom. The van der Waals surface area contributed by atoms with Gasteiger partial charge in [0.15, 0.2) is 0 Å². The van der Waals surface area contributed by atoms with Crippen LogP contribution in [0.1, 0.15) is 29.8 Å². The summed E-state index contributed by atoms with van der Waals surface area (Å²) in [5.74, 6) is -0.145. The van der Waals surface area contributed by atoms with E-state index in [1.165, 1.54) is 0 Å². The van der Waals surface area contributed by atoms with E-state index in [1.807, 2.05) is 38.1 Å². The summed E-state index contributed by atoms with van der Waals surface area (Å²) in [6, 6.07) is 10.9. The van der Waals surface area contributed by atoms with E-state index < -0.39 is 5.54 Å². The third kappa shape index (κ3) is 3.32. The molecule has 0 aliphatic rings. The third-order valence-electron chi connectivity index (χ3n) is 2.92. The monoisotopic (exact) mass is 274 g/mol. The second-order valence-corrected chi connectivity index (χ2v) is 5.26. The summed E-state index contributed by atoms with van der Waals surface area (Å²) in [4.78, 5) is 16.1. The number of benzene rings is 1. The molecule has 1 amide bonds. The Balaban J connectivity index is 2.17. The maximum absolute atomic E-state index is 12.1. The summed E-state index contributed by atoms with van der Waals surface area (Å²) in [7, 11) is 0. The molecule has 1 aromatic heterocycles.